The van der Waals surface area contributed by atoms with Gasteiger partial charge in [-0.2, -0.15) is 0 Å². The van der Waals surface area contributed by atoms with Crippen LogP contribution < -0.4 is 11.1 Å². The molecule has 0 bridgehead atoms. The second-order valence-corrected chi connectivity index (χ2v) is 3.72. The van der Waals surface area contributed by atoms with Gasteiger partial charge in [-0.3, -0.25) is 0 Å². The van der Waals surface area contributed by atoms with Crippen LogP contribution in [0.15, 0.2) is 18.5 Å². The van der Waals surface area contributed by atoms with Gasteiger partial charge in [-0.05, 0) is 6.92 Å². The van der Waals surface area contributed by atoms with Crippen molar-refractivity contribution in [3.05, 3.63) is 23.6 Å². The van der Waals surface area contributed by atoms with Crippen molar-refractivity contribution in [3.63, 3.8) is 0 Å². The van der Waals surface area contributed by atoms with Crippen molar-refractivity contribution < 1.29 is 4.74 Å². The van der Waals surface area contributed by atoms with Gasteiger partial charge in [-0.25, -0.2) is 9.97 Å². The lowest BCUT2D eigenvalue weighted by atomic mass is 10.4. The fourth-order valence-electron chi connectivity index (χ4n) is 1.00. The van der Waals surface area contributed by atoms with Crippen molar-refractivity contribution in [2.24, 2.45) is 0 Å². The van der Waals surface area contributed by atoms with Gasteiger partial charge in [0.25, 0.3) is 0 Å². The van der Waals surface area contributed by atoms with Crippen LogP contribution in [0.4, 0.5) is 11.5 Å². The lowest BCUT2D eigenvalue weighted by Gasteiger charge is -2.08. The average molecular weight is 243 g/mol. The second-order valence-electron chi connectivity index (χ2n) is 3.36. The lowest BCUT2D eigenvalue weighted by Crippen LogP contribution is -2.12. The number of halogens is 1. The van der Waals surface area contributed by atoms with Crippen LogP contribution in [-0.2, 0) is 4.74 Å². The number of anilines is 2. The summed E-state index contributed by atoms with van der Waals surface area (Å²) in [6.45, 7) is 7.35. The van der Waals surface area contributed by atoms with Crippen LogP contribution in [0, 0.1) is 0 Å². The molecule has 1 heterocycles. The smallest absolute Gasteiger partial charge is 0.157 e. The molecule has 0 saturated carbocycles. The summed E-state index contributed by atoms with van der Waals surface area (Å²) in [7, 11) is 0. The van der Waals surface area contributed by atoms with E-state index in [2.05, 4.69) is 21.9 Å². The van der Waals surface area contributed by atoms with E-state index in [-0.39, 0.29) is 5.15 Å². The van der Waals surface area contributed by atoms with Crippen LogP contribution in [0.2, 0.25) is 5.15 Å². The quantitative estimate of drug-likeness (QED) is 0.451. The summed E-state index contributed by atoms with van der Waals surface area (Å²) >= 11 is 5.74. The van der Waals surface area contributed by atoms with Crippen molar-refractivity contribution in [2.45, 2.75) is 6.92 Å². The number of ether oxygens (including phenoxy) is 1. The molecule has 0 radical (unpaired) electrons. The molecule has 0 aromatic carbocycles. The number of nitrogen functional groups attached to an aromatic ring is 1. The van der Waals surface area contributed by atoms with E-state index in [1.54, 1.807) is 0 Å². The molecule has 0 aliphatic carbocycles. The highest BCUT2D eigenvalue weighted by molar-refractivity contribution is 6.32. The summed E-state index contributed by atoms with van der Waals surface area (Å²) in [5.74, 6) is 0.527. The first-order valence-electron chi connectivity index (χ1n) is 4.83. The highest BCUT2D eigenvalue weighted by Crippen LogP contribution is 2.21. The minimum Gasteiger partial charge on any atom is -0.393 e. The molecule has 1 aromatic rings. The molecule has 0 unspecified atom stereocenters. The van der Waals surface area contributed by atoms with Crippen molar-refractivity contribution >= 4 is 23.1 Å². The zero-order valence-electron chi connectivity index (χ0n) is 9.16. The maximum Gasteiger partial charge on any atom is 0.157 e. The normalized spacial score (nSPS) is 10.1. The Labute approximate surface area is 99.7 Å². The topological polar surface area (TPSA) is 73.1 Å². The molecular formula is C10H15ClN4O. The molecule has 16 heavy (non-hydrogen) atoms. The monoisotopic (exact) mass is 242 g/mol. The summed E-state index contributed by atoms with van der Waals surface area (Å²) in [4.78, 5) is 7.72. The molecule has 1 aromatic heterocycles. The highest BCUT2D eigenvalue weighted by atomic mass is 35.5. The van der Waals surface area contributed by atoms with Crippen LogP contribution in [0.1, 0.15) is 6.92 Å². The second kappa shape index (κ2) is 6.30. The van der Waals surface area contributed by atoms with Gasteiger partial charge in [0.15, 0.2) is 11.0 Å². The molecule has 88 valence electrons. The Morgan fingerprint density at radius 2 is 2.38 bits per heavy atom. The van der Waals surface area contributed by atoms with Crippen LogP contribution in [-0.4, -0.2) is 29.7 Å². The molecule has 3 N–H and O–H groups in total. The minimum absolute atomic E-state index is 0.250. The number of hydrogen-bond donors (Lipinski definition) is 2. The van der Waals surface area contributed by atoms with E-state index in [4.69, 9.17) is 22.1 Å². The minimum atomic E-state index is 0.250. The Hall–Kier alpha value is -1.33. The summed E-state index contributed by atoms with van der Waals surface area (Å²) in [6, 6.07) is 0. The molecule has 0 aliphatic heterocycles. The molecule has 5 nitrogen and oxygen atoms in total. The molecule has 0 aliphatic rings. The number of nitrogens with two attached hydrogens (primary N) is 1. The van der Waals surface area contributed by atoms with E-state index in [1.165, 1.54) is 6.33 Å². The van der Waals surface area contributed by atoms with Crippen molar-refractivity contribution in [3.8, 4) is 0 Å². The van der Waals surface area contributed by atoms with E-state index in [9.17, 15) is 0 Å². The highest BCUT2D eigenvalue weighted by Gasteiger charge is 2.04. The fraction of sp³-hybridized carbons (Fsp3) is 0.400. The molecular weight excluding hydrogens is 228 g/mol. The maximum atomic E-state index is 5.74. The van der Waals surface area contributed by atoms with Gasteiger partial charge in [-0.15, -0.1) is 0 Å². The third-order valence-electron chi connectivity index (χ3n) is 1.72. The van der Waals surface area contributed by atoms with E-state index >= 15 is 0 Å². The molecule has 0 amide bonds. The van der Waals surface area contributed by atoms with Gasteiger partial charge in [0.2, 0.25) is 0 Å². The number of aromatic nitrogens is 2. The van der Waals surface area contributed by atoms with Gasteiger partial charge >= 0.3 is 0 Å². The van der Waals surface area contributed by atoms with Crippen LogP contribution in [0.5, 0.6) is 0 Å². The maximum absolute atomic E-state index is 5.74. The fourth-order valence-corrected chi connectivity index (χ4v) is 1.14. The third kappa shape index (κ3) is 4.04. The van der Waals surface area contributed by atoms with Crippen molar-refractivity contribution in [2.75, 3.05) is 30.8 Å². The van der Waals surface area contributed by atoms with Crippen LogP contribution >= 0.6 is 11.6 Å². The van der Waals surface area contributed by atoms with E-state index in [0.717, 1.165) is 5.57 Å². The van der Waals surface area contributed by atoms with E-state index < -0.39 is 0 Å². The Morgan fingerprint density at radius 3 is 3.06 bits per heavy atom. The first-order valence-corrected chi connectivity index (χ1v) is 5.21. The van der Waals surface area contributed by atoms with Crippen LogP contribution in [0.3, 0.4) is 0 Å². The zero-order valence-corrected chi connectivity index (χ0v) is 9.92. The van der Waals surface area contributed by atoms with Crippen molar-refractivity contribution in [1.82, 2.24) is 9.97 Å². The number of nitrogens with one attached hydrogen (secondary N) is 1. The summed E-state index contributed by atoms with van der Waals surface area (Å²) in [6.07, 6.45) is 1.36. The SMILES string of the molecule is C=C(C)COCCNc1ncnc(Cl)c1N. The number of nitrogens with zero attached hydrogens (tertiary/aromatic N) is 2. The standard InChI is InChI=1S/C10H15ClN4O/c1-7(2)5-16-4-3-13-10-8(12)9(11)14-6-15-10/h6H,1,3-5,12H2,2H3,(H,13,14,15). The van der Waals surface area contributed by atoms with Gasteiger partial charge in [0, 0.05) is 6.54 Å². The van der Waals surface area contributed by atoms with E-state index in [0.29, 0.717) is 31.3 Å². The van der Waals surface area contributed by atoms with Gasteiger partial charge in [-0.1, -0.05) is 23.8 Å². The average Bonchev–Trinajstić information content (AvgIpc) is 2.23. The van der Waals surface area contributed by atoms with E-state index in [1.807, 2.05) is 6.92 Å². The Balaban J connectivity index is 2.32. The van der Waals surface area contributed by atoms with Gasteiger partial charge in [0.1, 0.15) is 12.0 Å². The van der Waals surface area contributed by atoms with Crippen molar-refractivity contribution in [1.29, 1.82) is 0 Å². The molecule has 0 spiro atoms. The molecule has 0 saturated heterocycles. The Kier molecular flexibility index (Phi) is 5.01. The lowest BCUT2D eigenvalue weighted by molar-refractivity contribution is 0.167. The Bertz CT molecular complexity index is 370. The number of rotatable bonds is 6. The predicted molar refractivity (Wildman–Crippen MR) is 65.6 cm³/mol. The molecule has 0 atom stereocenters. The van der Waals surface area contributed by atoms with Crippen LogP contribution in [0.25, 0.3) is 0 Å². The largest absolute Gasteiger partial charge is 0.393 e. The third-order valence-corrected chi connectivity index (χ3v) is 2.02. The molecule has 0 fully saturated rings. The van der Waals surface area contributed by atoms with Gasteiger partial charge in [0.05, 0.1) is 13.2 Å². The zero-order chi connectivity index (χ0) is 12.0. The summed E-state index contributed by atoms with van der Waals surface area (Å²) < 4.78 is 5.31. The summed E-state index contributed by atoms with van der Waals surface area (Å²) in [5, 5.41) is 3.26. The Morgan fingerprint density at radius 1 is 1.62 bits per heavy atom. The first-order chi connectivity index (χ1) is 7.61. The first kappa shape index (κ1) is 12.7. The number of hydrogen-bond acceptors (Lipinski definition) is 5. The summed E-state index contributed by atoms with van der Waals surface area (Å²) in [5.41, 5.74) is 7.01. The molecule has 6 heteroatoms. The van der Waals surface area contributed by atoms with Gasteiger partial charge < -0.3 is 15.8 Å². The molecule has 1 rings (SSSR count). The predicted octanol–water partition coefficient (Wildman–Crippen LogP) is 1.72.